The van der Waals surface area contributed by atoms with Crippen molar-refractivity contribution in [1.29, 1.82) is 0 Å². The van der Waals surface area contributed by atoms with E-state index in [9.17, 15) is 18.0 Å². The predicted octanol–water partition coefficient (Wildman–Crippen LogP) is 3.92. The molecule has 7 heteroatoms. The third-order valence-corrected chi connectivity index (χ3v) is 3.09. The summed E-state index contributed by atoms with van der Waals surface area (Å²) < 4.78 is 40.2. The molecular formula is C14H10BrF3N2O. The van der Waals surface area contributed by atoms with Crippen LogP contribution in [0.2, 0.25) is 0 Å². The molecule has 21 heavy (non-hydrogen) atoms. The number of amides is 1. The Balaban J connectivity index is 1.97. The van der Waals surface area contributed by atoms with E-state index in [2.05, 4.69) is 26.6 Å². The van der Waals surface area contributed by atoms with Gasteiger partial charge in [-0.2, -0.15) is 0 Å². The van der Waals surface area contributed by atoms with Crippen LogP contribution in [-0.2, 0) is 4.79 Å². The lowest BCUT2D eigenvalue weighted by Gasteiger charge is -2.09. The minimum absolute atomic E-state index is 0.324. The van der Waals surface area contributed by atoms with Crippen LogP contribution in [0.3, 0.4) is 0 Å². The SMILES string of the molecule is O=C(CNc1cc(F)cc(F)c1F)Nc1ccc(Br)cc1. The number of halogens is 4. The first-order valence-corrected chi connectivity index (χ1v) is 6.69. The van der Waals surface area contributed by atoms with Crippen molar-refractivity contribution in [2.24, 2.45) is 0 Å². The highest BCUT2D eigenvalue weighted by Crippen LogP contribution is 2.19. The monoisotopic (exact) mass is 358 g/mol. The van der Waals surface area contributed by atoms with Gasteiger partial charge in [-0.15, -0.1) is 0 Å². The van der Waals surface area contributed by atoms with Crippen molar-refractivity contribution in [3.8, 4) is 0 Å². The van der Waals surface area contributed by atoms with Gasteiger partial charge in [0, 0.05) is 22.3 Å². The molecule has 2 N–H and O–H groups in total. The molecule has 0 saturated carbocycles. The smallest absolute Gasteiger partial charge is 0.243 e. The molecule has 0 spiro atoms. The Hall–Kier alpha value is -2.02. The van der Waals surface area contributed by atoms with Gasteiger partial charge in [0.1, 0.15) is 5.82 Å². The Morgan fingerprint density at radius 2 is 1.76 bits per heavy atom. The molecule has 0 atom stereocenters. The molecule has 0 aliphatic carbocycles. The summed E-state index contributed by atoms with van der Waals surface area (Å²) >= 11 is 3.26. The molecule has 1 amide bonds. The van der Waals surface area contributed by atoms with Gasteiger partial charge in [-0.05, 0) is 24.3 Å². The minimum Gasteiger partial charge on any atom is -0.374 e. The van der Waals surface area contributed by atoms with E-state index in [1.807, 2.05) is 0 Å². The van der Waals surface area contributed by atoms with E-state index >= 15 is 0 Å². The summed E-state index contributed by atoms with van der Waals surface area (Å²) in [6, 6.07) is 8.04. The summed E-state index contributed by atoms with van der Waals surface area (Å²) in [5.41, 5.74) is 0.148. The lowest BCUT2D eigenvalue weighted by atomic mass is 10.2. The van der Waals surface area contributed by atoms with Crippen LogP contribution in [0, 0.1) is 17.5 Å². The lowest BCUT2D eigenvalue weighted by molar-refractivity contribution is -0.114. The van der Waals surface area contributed by atoms with Gasteiger partial charge in [0.25, 0.3) is 0 Å². The van der Waals surface area contributed by atoms with Crippen LogP contribution in [0.15, 0.2) is 40.9 Å². The summed E-state index contributed by atoms with van der Waals surface area (Å²) in [4.78, 5) is 11.7. The molecule has 0 saturated heterocycles. The van der Waals surface area contributed by atoms with Crippen LogP contribution in [0.1, 0.15) is 0 Å². The Morgan fingerprint density at radius 1 is 1.10 bits per heavy atom. The average Bonchev–Trinajstić information content (AvgIpc) is 2.44. The van der Waals surface area contributed by atoms with Crippen molar-refractivity contribution >= 4 is 33.2 Å². The second-order valence-electron chi connectivity index (χ2n) is 4.16. The molecule has 0 radical (unpaired) electrons. The van der Waals surface area contributed by atoms with E-state index in [4.69, 9.17) is 0 Å². The topological polar surface area (TPSA) is 41.1 Å². The molecular weight excluding hydrogens is 349 g/mol. The molecule has 0 heterocycles. The third-order valence-electron chi connectivity index (χ3n) is 2.56. The first-order valence-electron chi connectivity index (χ1n) is 5.89. The first-order chi connectivity index (χ1) is 9.95. The van der Waals surface area contributed by atoms with Crippen molar-refractivity contribution in [3.05, 3.63) is 58.3 Å². The van der Waals surface area contributed by atoms with Crippen LogP contribution < -0.4 is 10.6 Å². The van der Waals surface area contributed by atoms with Gasteiger partial charge in [0.2, 0.25) is 5.91 Å². The fourth-order valence-corrected chi connectivity index (χ4v) is 1.86. The first kappa shape index (κ1) is 15.4. The van der Waals surface area contributed by atoms with Gasteiger partial charge in [-0.25, -0.2) is 13.2 Å². The zero-order valence-electron chi connectivity index (χ0n) is 10.6. The van der Waals surface area contributed by atoms with E-state index in [-0.39, 0.29) is 6.54 Å². The Bertz CT molecular complexity index is 662. The molecule has 0 unspecified atom stereocenters. The maximum absolute atomic E-state index is 13.4. The van der Waals surface area contributed by atoms with E-state index in [0.717, 1.165) is 10.5 Å². The van der Waals surface area contributed by atoms with Gasteiger partial charge in [0.15, 0.2) is 11.6 Å². The molecule has 0 fully saturated rings. The zero-order chi connectivity index (χ0) is 15.4. The highest BCUT2D eigenvalue weighted by Gasteiger charge is 2.12. The van der Waals surface area contributed by atoms with Crippen LogP contribution in [-0.4, -0.2) is 12.5 Å². The summed E-state index contributed by atoms with van der Waals surface area (Å²) in [7, 11) is 0. The van der Waals surface area contributed by atoms with E-state index in [1.54, 1.807) is 24.3 Å². The summed E-state index contributed by atoms with van der Waals surface area (Å²) in [6.07, 6.45) is 0. The van der Waals surface area contributed by atoms with Crippen LogP contribution in [0.25, 0.3) is 0 Å². The normalized spacial score (nSPS) is 10.3. The van der Waals surface area contributed by atoms with E-state index in [0.29, 0.717) is 11.8 Å². The van der Waals surface area contributed by atoms with Gasteiger partial charge in [0.05, 0.1) is 12.2 Å². The standard InChI is InChI=1S/C14H10BrF3N2O/c15-8-1-3-10(4-2-8)20-13(21)7-19-12-6-9(16)5-11(17)14(12)18/h1-6,19H,7H2,(H,20,21). The number of benzene rings is 2. The molecule has 0 aromatic heterocycles. The molecule has 0 aliphatic rings. The number of nitrogens with one attached hydrogen (secondary N) is 2. The van der Waals surface area contributed by atoms with Crippen molar-refractivity contribution in [2.75, 3.05) is 17.2 Å². The fourth-order valence-electron chi connectivity index (χ4n) is 1.60. The summed E-state index contributed by atoms with van der Waals surface area (Å²) in [6.45, 7) is -0.324. The molecule has 2 rings (SSSR count). The number of hydrogen-bond donors (Lipinski definition) is 2. The van der Waals surface area contributed by atoms with Gasteiger partial charge in [-0.3, -0.25) is 4.79 Å². The molecule has 0 bridgehead atoms. The van der Waals surface area contributed by atoms with Gasteiger partial charge in [-0.1, -0.05) is 15.9 Å². The molecule has 2 aromatic carbocycles. The van der Waals surface area contributed by atoms with Crippen LogP contribution in [0.4, 0.5) is 24.5 Å². The Kier molecular flexibility index (Phi) is 4.85. The van der Waals surface area contributed by atoms with Crippen molar-refractivity contribution in [3.63, 3.8) is 0 Å². The van der Waals surface area contributed by atoms with Crippen LogP contribution >= 0.6 is 15.9 Å². The van der Waals surface area contributed by atoms with Crippen molar-refractivity contribution in [1.82, 2.24) is 0 Å². The molecule has 0 aliphatic heterocycles. The number of carbonyl (C=O) groups excluding carboxylic acids is 1. The second kappa shape index (κ2) is 6.62. The van der Waals surface area contributed by atoms with E-state index < -0.39 is 29.0 Å². The Morgan fingerprint density at radius 3 is 2.43 bits per heavy atom. The molecule has 110 valence electrons. The number of hydrogen-bond acceptors (Lipinski definition) is 2. The zero-order valence-corrected chi connectivity index (χ0v) is 12.2. The number of anilines is 2. The fraction of sp³-hybridized carbons (Fsp3) is 0.0714. The largest absolute Gasteiger partial charge is 0.374 e. The number of carbonyl (C=O) groups is 1. The van der Waals surface area contributed by atoms with E-state index in [1.165, 1.54) is 0 Å². The maximum atomic E-state index is 13.4. The average molecular weight is 359 g/mol. The quantitative estimate of drug-likeness (QED) is 0.813. The van der Waals surface area contributed by atoms with Gasteiger partial charge >= 0.3 is 0 Å². The maximum Gasteiger partial charge on any atom is 0.243 e. The van der Waals surface area contributed by atoms with Crippen molar-refractivity contribution < 1.29 is 18.0 Å². The summed E-state index contributed by atoms with van der Waals surface area (Å²) in [5, 5.41) is 4.91. The highest BCUT2D eigenvalue weighted by atomic mass is 79.9. The predicted molar refractivity (Wildman–Crippen MR) is 77.6 cm³/mol. The van der Waals surface area contributed by atoms with Gasteiger partial charge < -0.3 is 10.6 Å². The highest BCUT2D eigenvalue weighted by molar-refractivity contribution is 9.10. The Labute approximate surface area is 127 Å². The lowest BCUT2D eigenvalue weighted by Crippen LogP contribution is -2.22. The summed E-state index contributed by atoms with van der Waals surface area (Å²) in [5.74, 6) is -3.94. The van der Waals surface area contributed by atoms with Crippen LogP contribution in [0.5, 0.6) is 0 Å². The van der Waals surface area contributed by atoms with Crippen molar-refractivity contribution in [2.45, 2.75) is 0 Å². The molecule has 3 nitrogen and oxygen atoms in total. The minimum atomic E-state index is -1.31. The molecule has 2 aromatic rings. The second-order valence-corrected chi connectivity index (χ2v) is 5.07. The number of rotatable bonds is 4. The third kappa shape index (κ3) is 4.22.